The van der Waals surface area contributed by atoms with Crippen molar-refractivity contribution in [2.45, 2.75) is 82.8 Å². The van der Waals surface area contributed by atoms with Crippen LogP contribution in [0.15, 0.2) is 0 Å². The molecule has 0 bridgehead atoms. The van der Waals surface area contributed by atoms with Crippen LogP contribution in [0.25, 0.3) is 0 Å². The van der Waals surface area contributed by atoms with Gasteiger partial charge in [0.25, 0.3) is 0 Å². The van der Waals surface area contributed by atoms with Crippen molar-refractivity contribution in [2.24, 2.45) is 11.7 Å². The zero-order chi connectivity index (χ0) is 28.4. The van der Waals surface area contributed by atoms with Gasteiger partial charge in [0.1, 0.15) is 24.2 Å². The molecule has 1 aliphatic heterocycles. The van der Waals surface area contributed by atoms with Gasteiger partial charge in [-0.25, -0.2) is 4.79 Å². The van der Waals surface area contributed by atoms with Gasteiger partial charge in [0.2, 0.25) is 23.6 Å². The van der Waals surface area contributed by atoms with Crippen LogP contribution >= 0.6 is 0 Å². The summed E-state index contributed by atoms with van der Waals surface area (Å²) in [5, 5.41) is 44.6. The quantitative estimate of drug-likeness (QED) is 0.110. The Morgan fingerprint density at radius 3 is 2.08 bits per heavy atom. The summed E-state index contributed by atoms with van der Waals surface area (Å²) in [6.45, 7) is 3.86. The lowest BCUT2D eigenvalue weighted by molar-refractivity contribution is -0.146. The minimum Gasteiger partial charge on any atom is -0.481 e. The summed E-state index contributed by atoms with van der Waals surface area (Å²) in [7, 11) is 0. The van der Waals surface area contributed by atoms with Crippen LogP contribution in [-0.4, -0.2) is 110 Å². The van der Waals surface area contributed by atoms with Crippen LogP contribution < -0.4 is 21.7 Å². The Labute approximate surface area is 213 Å². The molecule has 6 atom stereocenters. The molecule has 0 aromatic carbocycles. The number of aliphatic hydroxyl groups is 2. The van der Waals surface area contributed by atoms with E-state index in [9.17, 15) is 44.1 Å². The molecule has 1 aliphatic rings. The van der Waals surface area contributed by atoms with Gasteiger partial charge >= 0.3 is 11.9 Å². The van der Waals surface area contributed by atoms with Crippen molar-refractivity contribution in [3.8, 4) is 0 Å². The van der Waals surface area contributed by atoms with Gasteiger partial charge in [-0.3, -0.25) is 24.0 Å². The standard InChI is InChI=1S/C22H37N5O10/c1-10(2)16(23)20(34)25-13(9-28)18(32)26-17(11(3)29)21(35)27-8-4-5-14(27)19(33)24-12(22(36)37)6-7-15(30)31/h10-14,16-17,28-29H,4-9,23H2,1-3H3,(H,24,33)(H,25,34)(H,26,32)(H,30,31)(H,36,37)/t11-,12+,13+,14+,16+,17+/m1/s1. The van der Waals surface area contributed by atoms with Crippen LogP contribution in [-0.2, 0) is 28.8 Å². The fraction of sp³-hybridized carbons (Fsp3) is 0.727. The topological polar surface area (TPSA) is 249 Å². The van der Waals surface area contributed by atoms with Crippen LogP contribution in [0, 0.1) is 5.92 Å². The SMILES string of the molecule is CC(C)[C@H](N)C(=O)N[C@@H](CO)C(=O)N[C@H](C(=O)N1CCC[C@H]1C(=O)N[C@@H](CCC(=O)O)C(=O)O)[C@@H](C)O. The molecule has 0 saturated carbocycles. The second kappa shape index (κ2) is 14.4. The number of aliphatic carboxylic acids is 2. The third-order valence-corrected chi connectivity index (χ3v) is 5.98. The van der Waals surface area contributed by atoms with Gasteiger partial charge in [-0.15, -0.1) is 0 Å². The molecule has 0 aliphatic carbocycles. The van der Waals surface area contributed by atoms with Crippen molar-refractivity contribution in [1.29, 1.82) is 0 Å². The highest BCUT2D eigenvalue weighted by Gasteiger charge is 2.41. The highest BCUT2D eigenvalue weighted by Crippen LogP contribution is 2.20. The molecule has 0 unspecified atom stereocenters. The summed E-state index contributed by atoms with van der Waals surface area (Å²) in [5.41, 5.74) is 5.74. The number of nitrogens with one attached hydrogen (secondary N) is 3. The van der Waals surface area contributed by atoms with E-state index in [1.54, 1.807) is 13.8 Å². The van der Waals surface area contributed by atoms with E-state index in [4.69, 9.17) is 10.8 Å². The number of aliphatic hydroxyl groups excluding tert-OH is 2. The number of carboxylic acids is 2. The van der Waals surface area contributed by atoms with Crippen molar-refractivity contribution in [2.75, 3.05) is 13.2 Å². The van der Waals surface area contributed by atoms with Gasteiger partial charge in [0, 0.05) is 13.0 Å². The highest BCUT2D eigenvalue weighted by atomic mass is 16.4. The predicted molar refractivity (Wildman–Crippen MR) is 127 cm³/mol. The Morgan fingerprint density at radius 2 is 1.59 bits per heavy atom. The maximum absolute atomic E-state index is 13.2. The molecule has 0 spiro atoms. The second-order valence-electron chi connectivity index (χ2n) is 9.26. The average Bonchev–Trinajstić information content (AvgIpc) is 3.31. The molecule has 0 radical (unpaired) electrons. The zero-order valence-corrected chi connectivity index (χ0v) is 21.0. The largest absolute Gasteiger partial charge is 0.481 e. The molecular formula is C22H37N5O10. The van der Waals surface area contributed by atoms with Gasteiger partial charge in [0.15, 0.2) is 0 Å². The molecule has 15 nitrogen and oxygen atoms in total. The summed E-state index contributed by atoms with van der Waals surface area (Å²) in [5.74, 6) is -6.24. The fourth-order valence-electron chi connectivity index (χ4n) is 3.68. The zero-order valence-electron chi connectivity index (χ0n) is 21.0. The average molecular weight is 532 g/mol. The van der Waals surface area contributed by atoms with Crippen LogP contribution in [0.1, 0.15) is 46.5 Å². The first-order chi connectivity index (χ1) is 17.2. The van der Waals surface area contributed by atoms with Crippen LogP contribution in [0.2, 0.25) is 0 Å². The number of carboxylic acid groups (broad SMARTS) is 2. The minimum absolute atomic E-state index is 0.0757. The third-order valence-electron chi connectivity index (χ3n) is 5.98. The molecule has 0 aromatic heterocycles. The number of carbonyl (C=O) groups is 6. The van der Waals surface area contributed by atoms with Crippen molar-refractivity contribution in [3.05, 3.63) is 0 Å². The number of nitrogens with two attached hydrogens (primary N) is 1. The number of carbonyl (C=O) groups excluding carboxylic acids is 4. The van der Waals surface area contributed by atoms with Crippen LogP contribution in [0.5, 0.6) is 0 Å². The molecule has 37 heavy (non-hydrogen) atoms. The number of amides is 4. The Bertz CT molecular complexity index is 865. The Hall–Kier alpha value is -3.30. The van der Waals surface area contributed by atoms with Gasteiger partial charge in [-0.05, 0) is 32.1 Å². The van der Waals surface area contributed by atoms with Crippen molar-refractivity contribution >= 4 is 35.6 Å². The Morgan fingerprint density at radius 1 is 0.973 bits per heavy atom. The number of likely N-dealkylation sites (tertiary alicyclic amines) is 1. The Kier molecular flexibility index (Phi) is 12.4. The molecule has 15 heteroatoms. The maximum atomic E-state index is 13.2. The predicted octanol–water partition coefficient (Wildman–Crippen LogP) is -3.26. The highest BCUT2D eigenvalue weighted by molar-refractivity contribution is 5.96. The lowest BCUT2D eigenvalue weighted by Gasteiger charge is -2.31. The summed E-state index contributed by atoms with van der Waals surface area (Å²) >= 11 is 0. The molecule has 210 valence electrons. The lowest BCUT2D eigenvalue weighted by Crippen LogP contribution is -2.61. The Balaban J connectivity index is 2.96. The number of rotatable bonds is 14. The molecule has 1 fully saturated rings. The van der Waals surface area contributed by atoms with E-state index < -0.39 is 84.9 Å². The van der Waals surface area contributed by atoms with E-state index in [0.717, 1.165) is 4.90 Å². The summed E-state index contributed by atoms with van der Waals surface area (Å²) in [6, 6.07) is -6.57. The molecule has 1 saturated heterocycles. The number of hydrogen-bond acceptors (Lipinski definition) is 9. The van der Waals surface area contributed by atoms with Gasteiger partial charge in [0.05, 0.1) is 18.8 Å². The smallest absolute Gasteiger partial charge is 0.326 e. The van der Waals surface area contributed by atoms with Crippen LogP contribution in [0.4, 0.5) is 0 Å². The first kappa shape index (κ1) is 31.7. The van der Waals surface area contributed by atoms with E-state index in [1.807, 2.05) is 0 Å². The van der Waals surface area contributed by atoms with E-state index in [0.29, 0.717) is 6.42 Å². The van der Waals surface area contributed by atoms with Crippen LogP contribution in [0.3, 0.4) is 0 Å². The molecule has 1 heterocycles. The molecular weight excluding hydrogens is 494 g/mol. The first-order valence-corrected chi connectivity index (χ1v) is 11.9. The van der Waals surface area contributed by atoms with Gasteiger partial charge in [-0.2, -0.15) is 0 Å². The van der Waals surface area contributed by atoms with Crippen molar-refractivity contribution in [3.63, 3.8) is 0 Å². The molecule has 1 rings (SSSR count). The summed E-state index contributed by atoms with van der Waals surface area (Å²) in [6.07, 6.45) is -1.74. The van der Waals surface area contributed by atoms with E-state index in [1.165, 1.54) is 6.92 Å². The number of hydrogen-bond donors (Lipinski definition) is 8. The van der Waals surface area contributed by atoms with E-state index in [-0.39, 0.29) is 25.3 Å². The van der Waals surface area contributed by atoms with E-state index >= 15 is 0 Å². The fourth-order valence-corrected chi connectivity index (χ4v) is 3.68. The normalized spacial score (nSPS) is 19.3. The van der Waals surface area contributed by atoms with Crippen molar-refractivity contribution in [1.82, 2.24) is 20.9 Å². The number of nitrogens with zero attached hydrogens (tertiary/aromatic N) is 1. The molecule has 9 N–H and O–H groups in total. The summed E-state index contributed by atoms with van der Waals surface area (Å²) in [4.78, 5) is 74.1. The summed E-state index contributed by atoms with van der Waals surface area (Å²) < 4.78 is 0. The third kappa shape index (κ3) is 9.26. The van der Waals surface area contributed by atoms with Crippen molar-refractivity contribution < 1.29 is 49.2 Å². The van der Waals surface area contributed by atoms with Gasteiger partial charge < -0.3 is 47.0 Å². The maximum Gasteiger partial charge on any atom is 0.326 e. The minimum atomic E-state index is -1.55. The van der Waals surface area contributed by atoms with Gasteiger partial charge in [-0.1, -0.05) is 13.8 Å². The molecule has 4 amide bonds. The molecule has 0 aromatic rings. The lowest BCUT2D eigenvalue weighted by atomic mass is 10.0. The monoisotopic (exact) mass is 531 g/mol. The second-order valence-corrected chi connectivity index (χ2v) is 9.26. The first-order valence-electron chi connectivity index (χ1n) is 11.9. The van der Waals surface area contributed by atoms with E-state index in [2.05, 4.69) is 16.0 Å².